The van der Waals surface area contributed by atoms with Crippen molar-refractivity contribution in [1.82, 2.24) is 14.5 Å². The first-order chi connectivity index (χ1) is 40.6. The molecule has 0 radical (unpaired) electrons. The fourth-order valence-electron chi connectivity index (χ4n) is 7.58. The zero-order chi connectivity index (χ0) is 67.0. The zero-order valence-corrected chi connectivity index (χ0v) is 35.7. The van der Waals surface area contributed by atoms with Gasteiger partial charge in [-0.2, -0.15) is 0 Å². The molecule has 0 unspecified atom stereocenters. The third-order valence-electron chi connectivity index (χ3n) is 11.6. The van der Waals surface area contributed by atoms with Crippen LogP contribution < -0.4 is 0 Å². The Morgan fingerprint density at radius 1 is 0.603 bits per heavy atom. The van der Waals surface area contributed by atoms with Crippen LogP contribution in [0.5, 0.6) is 5.75 Å². The number of nitrogens with zero attached hydrogens (tertiary/aromatic N) is 3. The van der Waals surface area contributed by atoms with Crippen molar-refractivity contribution >= 4 is 11.0 Å². The molecule has 1 N–H and O–H groups in total. The number of fused-ring (bicyclic) bond motifs is 1. The third-order valence-corrected chi connectivity index (χ3v) is 11.6. The summed E-state index contributed by atoms with van der Waals surface area (Å²) in [5, 5.41) is 13.1. The van der Waals surface area contributed by atoms with Crippen LogP contribution in [0.15, 0.2) is 146 Å². The van der Waals surface area contributed by atoms with Crippen LogP contribution in [0.25, 0.3) is 72.7 Å². The van der Waals surface area contributed by atoms with Crippen molar-refractivity contribution in [2.75, 3.05) is 0 Å². The molecular formula is C59H63N3O. The number of hydrogen-bond acceptors (Lipinski definition) is 3. The molecule has 2 aromatic heterocycles. The average Bonchev–Trinajstić information content (AvgIpc) is 0.988. The van der Waals surface area contributed by atoms with E-state index in [9.17, 15) is 6.48 Å². The smallest absolute Gasteiger partial charge is 0.149 e. The van der Waals surface area contributed by atoms with Gasteiger partial charge in [-0.05, 0) is 116 Å². The maximum atomic E-state index is 13.1. The van der Waals surface area contributed by atoms with E-state index in [1.807, 2.05) is 47.6 Å². The van der Waals surface area contributed by atoms with Gasteiger partial charge in [-0.1, -0.05) is 174 Å². The standard InChI is InChI=1S/C59H63N3O/c1-13-59(11,12)43-27-28-51(47(35-43)39-23-18-15-19-24-39)62-52-26-20-25-46(53(52)61-55(62)48-36-45(57(5,6)7)37-49(54(48)63)58(8,9)10)41-31-42(33-44(32-41)56(2,3)4)50-34-40(29-30-60-50)38-21-16-14-17-22-38/h14-37,63H,13H2,1-12H3/i5D3,6D3,7D3,8D3,9D3,10D3,14D,16D,17D,21D,22D,29D,30D,34D. The van der Waals surface area contributed by atoms with Crippen LogP contribution in [-0.4, -0.2) is 19.6 Å². The van der Waals surface area contributed by atoms with E-state index in [2.05, 4.69) is 4.98 Å². The molecule has 0 saturated heterocycles. The van der Waals surface area contributed by atoms with Crippen molar-refractivity contribution in [3.63, 3.8) is 0 Å². The average molecular weight is 856 g/mol. The number of aromatic hydroxyl groups is 1. The summed E-state index contributed by atoms with van der Waals surface area (Å²) in [6, 6.07) is 19.8. The van der Waals surface area contributed by atoms with Gasteiger partial charge in [-0.3, -0.25) is 9.55 Å². The zero-order valence-electron chi connectivity index (χ0n) is 61.7. The highest BCUT2D eigenvalue weighted by Gasteiger charge is 2.30. The molecule has 6 aromatic carbocycles. The highest BCUT2D eigenvalue weighted by molar-refractivity contribution is 5.98. The van der Waals surface area contributed by atoms with Crippen molar-refractivity contribution in [2.45, 2.75) is 111 Å². The lowest BCUT2D eigenvalue weighted by Crippen LogP contribution is -2.17. The summed E-state index contributed by atoms with van der Waals surface area (Å²) in [7, 11) is 0. The summed E-state index contributed by atoms with van der Waals surface area (Å²) in [6.45, 7) is -13.5. The summed E-state index contributed by atoms with van der Waals surface area (Å²) < 4.78 is 230. The van der Waals surface area contributed by atoms with Gasteiger partial charge in [0.1, 0.15) is 11.6 Å². The van der Waals surface area contributed by atoms with Crippen molar-refractivity contribution in [3.05, 3.63) is 168 Å². The highest BCUT2D eigenvalue weighted by atomic mass is 16.3. The number of rotatable bonds is 8. The van der Waals surface area contributed by atoms with Crippen LogP contribution in [0.1, 0.15) is 147 Å². The van der Waals surface area contributed by atoms with E-state index >= 15 is 0 Å². The van der Waals surface area contributed by atoms with E-state index in [4.69, 9.17) is 39.3 Å². The second kappa shape index (κ2) is 16.1. The molecule has 0 aliphatic carbocycles. The van der Waals surface area contributed by atoms with Crippen LogP contribution in [0.2, 0.25) is 0 Å². The van der Waals surface area contributed by atoms with Gasteiger partial charge in [0.2, 0.25) is 0 Å². The van der Waals surface area contributed by atoms with E-state index in [-0.39, 0.29) is 45.2 Å². The Hall–Kier alpha value is -6.26. The highest BCUT2D eigenvalue weighted by Crippen LogP contribution is 2.46. The molecule has 4 nitrogen and oxygen atoms in total. The number of phenols is 1. The quantitative estimate of drug-likeness (QED) is 0.166. The fourth-order valence-corrected chi connectivity index (χ4v) is 7.58. The second-order valence-corrected chi connectivity index (χ2v) is 17.4. The molecule has 0 aliphatic heterocycles. The molecular weight excluding hydrogens is 767 g/mol. The Balaban J connectivity index is 1.65. The van der Waals surface area contributed by atoms with Gasteiger partial charge in [0.05, 0.1) is 38.9 Å². The molecule has 8 aromatic rings. The summed E-state index contributed by atoms with van der Waals surface area (Å²) >= 11 is 0. The van der Waals surface area contributed by atoms with Gasteiger partial charge >= 0.3 is 0 Å². The molecule has 0 bridgehead atoms. The maximum absolute atomic E-state index is 13.1. The Bertz CT molecular complexity index is 4000. The number of imidazole rings is 1. The fraction of sp³-hybridized carbons (Fsp3) is 0.288. The van der Waals surface area contributed by atoms with E-state index in [1.54, 1.807) is 78.9 Å². The van der Waals surface area contributed by atoms with E-state index < -0.39 is 151 Å². The lowest BCUT2D eigenvalue weighted by Gasteiger charge is -2.28. The number of hydrogen-bond donors (Lipinski definition) is 1. The number of aromatic nitrogens is 3. The Morgan fingerprint density at radius 3 is 2.00 bits per heavy atom. The van der Waals surface area contributed by atoms with Crippen LogP contribution in [0.3, 0.4) is 0 Å². The van der Waals surface area contributed by atoms with Crippen molar-refractivity contribution in [1.29, 1.82) is 0 Å². The van der Waals surface area contributed by atoms with Crippen LogP contribution in [-0.2, 0) is 21.7 Å². The number of phenolic OH excluding ortho intramolecular Hbond substituents is 1. The van der Waals surface area contributed by atoms with E-state index in [0.717, 1.165) is 5.56 Å². The largest absolute Gasteiger partial charge is 0.507 e. The monoisotopic (exact) mass is 856 g/mol. The van der Waals surface area contributed by atoms with Gasteiger partial charge < -0.3 is 5.11 Å². The van der Waals surface area contributed by atoms with Gasteiger partial charge in [0, 0.05) is 53.1 Å². The maximum Gasteiger partial charge on any atom is 0.149 e. The predicted molar refractivity (Wildman–Crippen MR) is 267 cm³/mol. The van der Waals surface area contributed by atoms with Crippen molar-refractivity contribution in [3.8, 4) is 67.5 Å². The molecule has 8 rings (SSSR count). The van der Waals surface area contributed by atoms with Gasteiger partial charge in [-0.25, -0.2) is 4.98 Å². The molecule has 0 atom stereocenters. The van der Waals surface area contributed by atoms with Crippen LogP contribution >= 0.6 is 0 Å². The topological polar surface area (TPSA) is 50.9 Å². The predicted octanol–water partition coefficient (Wildman–Crippen LogP) is 16.0. The molecule has 0 spiro atoms. The number of para-hydroxylation sites is 1. The third kappa shape index (κ3) is 8.48. The van der Waals surface area contributed by atoms with Crippen molar-refractivity contribution < 1.29 is 40.7 Å². The van der Waals surface area contributed by atoms with Crippen LogP contribution in [0, 0.1) is 0 Å². The lowest BCUT2D eigenvalue weighted by molar-refractivity contribution is 0.446. The van der Waals surface area contributed by atoms with Gasteiger partial charge in [-0.15, -0.1) is 0 Å². The van der Waals surface area contributed by atoms with Gasteiger partial charge in [0.25, 0.3) is 0 Å². The number of pyridine rings is 1. The first-order valence-corrected chi connectivity index (χ1v) is 20.4. The van der Waals surface area contributed by atoms with Gasteiger partial charge in [0.15, 0.2) is 0 Å². The lowest BCUT2D eigenvalue weighted by atomic mass is 9.78. The molecule has 0 saturated carbocycles. The second-order valence-electron chi connectivity index (χ2n) is 17.4. The summed E-state index contributed by atoms with van der Waals surface area (Å²) in [5.41, 5.74) is -11.3. The summed E-state index contributed by atoms with van der Waals surface area (Å²) in [4.78, 5) is 9.49. The Labute approximate surface area is 412 Å². The number of benzene rings is 6. The summed E-state index contributed by atoms with van der Waals surface area (Å²) in [5.74, 6) is -2.00. The van der Waals surface area contributed by atoms with Crippen LogP contribution in [0.4, 0.5) is 0 Å². The molecule has 63 heavy (non-hydrogen) atoms. The first-order valence-electron chi connectivity index (χ1n) is 33.4. The first kappa shape index (κ1) is 21.9. The minimum Gasteiger partial charge on any atom is -0.507 e. The SMILES string of the molecule is [2H]c1nc(-c2cc(-c3cccc4c3nc(-c3cc(C(C([2H])([2H])[2H])(C([2H])([2H])[2H])C([2H])([2H])[2H])cc(C(C([2H])([2H])[2H])(C([2H])([2H])[2H])C([2H])([2H])[2H])c3O)n4-c3ccc(C(C)(C)CC)cc3-c3ccccc3)cc(C(C)(C)C)c2)c([2H])c(-c2c([2H])c([2H])c([2H])c([2H])c2[2H])c1[2H]. The summed E-state index contributed by atoms with van der Waals surface area (Å²) in [6.07, 6.45) is -0.0736. The van der Waals surface area contributed by atoms with E-state index in [0.29, 0.717) is 29.2 Å². The molecule has 4 heteroatoms. The normalized spacial score (nSPS) is 19.8. The molecule has 320 valence electrons. The van der Waals surface area contributed by atoms with Crippen molar-refractivity contribution in [2.24, 2.45) is 0 Å². The molecule has 0 amide bonds. The molecule has 2 heterocycles. The minimum absolute atomic E-state index is 0.0214. The molecule has 0 aliphatic rings. The molecule has 0 fully saturated rings. The van der Waals surface area contributed by atoms with E-state index in [1.165, 1.54) is 4.57 Å². The minimum atomic E-state index is -4.23. The Morgan fingerprint density at radius 2 is 1.30 bits per heavy atom. The Kier molecular flexibility index (Phi) is 5.61.